The summed E-state index contributed by atoms with van der Waals surface area (Å²) < 4.78 is 0. The molecule has 6 aromatic carbocycles. The van der Waals surface area contributed by atoms with E-state index in [1.807, 2.05) is 0 Å². The van der Waals surface area contributed by atoms with Gasteiger partial charge in [0.2, 0.25) is 0 Å². The number of hydrogen-bond donors (Lipinski definition) is 0. The number of allylic oxidation sites excluding steroid dienone is 2. The SMILES string of the molecule is C=C(C)C(/N=C(\C(C)=C(/C)c1ccccc1)c1ccccc1)c1cccc(-c2ccc(-c3ccc4c(c3)-c3ccccc3C4(C)C)cc2)c1. The third-order valence-electron chi connectivity index (χ3n) is 10.2. The molecule has 0 N–H and O–H groups in total. The summed E-state index contributed by atoms with van der Waals surface area (Å²) in [7, 11) is 0. The summed E-state index contributed by atoms with van der Waals surface area (Å²) in [5, 5.41) is 0. The van der Waals surface area contributed by atoms with Crippen LogP contribution < -0.4 is 0 Å². The molecule has 0 heterocycles. The number of rotatable bonds is 8. The van der Waals surface area contributed by atoms with Crippen molar-refractivity contribution in [3.05, 3.63) is 197 Å². The fraction of sp³-hybridized carbons (Fsp3) is 0.146. The third kappa shape index (κ3) is 6.14. The van der Waals surface area contributed by atoms with Gasteiger partial charge in [-0.2, -0.15) is 0 Å². The topological polar surface area (TPSA) is 12.4 Å². The van der Waals surface area contributed by atoms with Crippen molar-refractivity contribution in [2.75, 3.05) is 0 Å². The number of hydrogen-bond acceptors (Lipinski definition) is 1. The zero-order valence-corrected chi connectivity index (χ0v) is 29.2. The Morgan fingerprint density at radius 3 is 1.73 bits per heavy atom. The molecule has 0 bridgehead atoms. The fourth-order valence-corrected chi connectivity index (χ4v) is 7.31. The number of aliphatic imine (C=N–C) groups is 1. The highest BCUT2D eigenvalue weighted by atomic mass is 14.8. The van der Waals surface area contributed by atoms with Crippen LogP contribution in [0.4, 0.5) is 0 Å². The van der Waals surface area contributed by atoms with Crippen LogP contribution in [0.3, 0.4) is 0 Å². The number of benzene rings is 6. The average molecular weight is 634 g/mol. The average Bonchev–Trinajstić information content (AvgIpc) is 3.37. The molecule has 0 saturated heterocycles. The van der Waals surface area contributed by atoms with E-state index in [4.69, 9.17) is 4.99 Å². The summed E-state index contributed by atoms with van der Waals surface area (Å²) in [6, 6.07) is 54.4. The van der Waals surface area contributed by atoms with Crippen LogP contribution in [0.1, 0.15) is 68.5 Å². The summed E-state index contributed by atoms with van der Waals surface area (Å²) in [5.41, 5.74) is 18.1. The van der Waals surface area contributed by atoms with Crippen LogP contribution >= 0.6 is 0 Å². The summed E-state index contributed by atoms with van der Waals surface area (Å²) >= 11 is 0. The molecule has 0 aliphatic heterocycles. The van der Waals surface area contributed by atoms with Crippen LogP contribution in [-0.2, 0) is 5.41 Å². The highest BCUT2D eigenvalue weighted by Crippen LogP contribution is 2.49. The fourth-order valence-electron chi connectivity index (χ4n) is 7.31. The minimum Gasteiger partial charge on any atom is -0.272 e. The van der Waals surface area contributed by atoms with E-state index in [9.17, 15) is 0 Å². The predicted molar refractivity (Wildman–Crippen MR) is 210 cm³/mol. The first-order valence-corrected chi connectivity index (χ1v) is 17.2. The van der Waals surface area contributed by atoms with Gasteiger partial charge in [-0.25, -0.2) is 0 Å². The maximum absolute atomic E-state index is 5.47. The molecule has 7 rings (SSSR count). The number of nitrogens with zero attached hydrogens (tertiary/aromatic N) is 1. The normalized spacial score (nSPS) is 14.4. The Bertz CT molecular complexity index is 2210. The van der Waals surface area contributed by atoms with Crippen LogP contribution in [0.25, 0.3) is 39.0 Å². The molecule has 1 unspecified atom stereocenters. The largest absolute Gasteiger partial charge is 0.272 e. The highest BCUT2D eigenvalue weighted by molar-refractivity contribution is 6.16. The summed E-state index contributed by atoms with van der Waals surface area (Å²) in [6.07, 6.45) is 0. The van der Waals surface area contributed by atoms with Crippen LogP contribution in [0.15, 0.2) is 174 Å². The van der Waals surface area contributed by atoms with E-state index in [0.29, 0.717) is 0 Å². The molecule has 0 radical (unpaired) electrons. The van der Waals surface area contributed by atoms with Crippen molar-refractivity contribution in [2.45, 2.75) is 46.1 Å². The second kappa shape index (κ2) is 13.2. The first-order valence-electron chi connectivity index (χ1n) is 17.2. The smallest absolute Gasteiger partial charge is 0.0961 e. The van der Waals surface area contributed by atoms with Crippen molar-refractivity contribution in [1.82, 2.24) is 0 Å². The van der Waals surface area contributed by atoms with Gasteiger partial charge in [-0.1, -0.05) is 166 Å². The van der Waals surface area contributed by atoms with E-state index in [1.54, 1.807) is 0 Å². The number of fused-ring (bicyclic) bond motifs is 3. The van der Waals surface area contributed by atoms with E-state index in [2.05, 4.69) is 193 Å². The van der Waals surface area contributed by atoms with E-state index < -0.39 is 0 Å². The Morgan fingerprint density at radius 1 is 0.531 bits per heavy atom. The van der Waals surface area contributed by atoms with Crippen LogP contribution in [-0.4, -0.2) is 5.71 Å². The van der Waals surface area contributed by atoms with Crippen molar-refractivity contribution < 1.29 is 0 Å². The maximum atomic E-state index is 5.47. The van der Waals surface area contributed by atoms with Crippen molar-refractivity contribution in [2.24, 2.45) is 4.99 Å². The van der Waals surface area contributed by atoms with Crippen LogP contribution in [0, 0.1) is 0 Å². The molecule has 1 heteroatoms. The van der Waals surface area contributed by atoms with E-state index in [1.165, 1.54) is 55.6 Å². The molecule has 0 fully saturated rings. The molecular weight excluding hydrogens is 591 g/mol. The van der Waals surface area contributed by atoms with Gasteiger partial charge in [0.1, 0.15) is 0 Å². The quantitative estimate of drug-likeness (QED) is 0.117. The Balaban J connectivity index is 1.22. The van der Waals surface area contributed by atoms with Gasteiger partial charge in [-0.15, -0.1) is 0 Å². The van der Waals surface area contributed by atoms with Crippen molar-refractivity contribution in [3.8, 4) is 33.4 Å². The lowest BCUT2D eigenvalue weighted by Crippen LogP contribution is -2.14. The summed E-state index contributed by atoms with van der Waals surface area (Å²) in [5.74, 6) is 0. The van der Waals surface area contributed by atoms with Crippen molar-refractivity contribution >= 4 is 11.3 Å². The molecule has 240 valence electrons. The van der Waals surface area contributed by atoms with Crippen LogP contribution in [0.5, 0.6) is 0 Å². The Labute approximate surface area is 292 Å². The lowest BCUT2D eigenvalue weighted by atomic mass is 9.82. The summed E-state index contributed by atoms with van der Waals surface area (Å²) in [4.78, 5) is 5.47. The van der Waals surface area contributed by atoms with Gasteiger partial charge in [0.25, 0.3) is 0 Å². The Morgan fingerprint density at radius 2 is 1.08 bits per heavy atom. The van der Waals surface area contributed by atoms with E-state index in [0.717, 1.165) is 28.0 Å². The molecule has 1 nitrogen and oxygen atoms in total. The van der Waals surface area contributed by atoms with Gasteiger partial charge < -0.3 is 0 Å². The van der Waals surface area contributed by atoms with Gasteiger partial charge in [0, 0.05) is 5.41 Å². The predicted octanol–water partition coefficient (Wildman–Crippen LogP) is 12.9. The Kier molecular flexibility index (Phi) is 8.61. The molecule has 6 aromatic rings. The van der Waals surface area contributed by atoms with E-state index in [-0.39, 0.29) is 11.5 Å². The second-order valence-electron chi connectivity index (χ2n) is 13.8. The third-order valence-corrected chi connectivity index (χ3v) is 10.2. The van der Waals surface area contributed by atoms with Gasteiger partial charge >= 0.3 is 0 Å². The molecule has 0 amide bonds. The van der Waals surface area contributed by atoms with Gasteiger partial charge in [0.05, 0.1) is 11.8 Å². The van der Waals surface area contributed by atoms with E-state index >= 15 is 0 Å². The molecule has 0 spiro atoms. The van der Waals surface area contributed by atoms with Crippen molar-refractivity contribution in [3.63, 3.8) is 0 Å². The standard InChI is InChI=1S/C48H43N/c1-32(2)46(49-47(38-18-11-8-12-19-38)34(4)33(3)35-16-9-7-10-17-35)41-21-15-20-39(30-41)36-24-26-37(27-25-36)40-28-29-45-43(31-40)42-22-13-14-23-44(42)48(45,5)6/h7-31,46H,1H2,2-6H3/b34-33+,49-47+. The molecule has 0 aromatic heterocycles. The zero-order chi connectivity index (χ0) is 34.1. The molecule has 1 aliphatic rings. The molecule has 0 saturated carbocycles. The minimum atomic E-state index is -0.188. The monoisotopic (exact) mass is 633 g/mol. The van der Waals surface area contributed by atoms with Crippen LogP contribution in [0.2, 0.25) is 0 Å². The molecular formula is C48H43N. The molecule has 1 aliphatic carbocycles. The van der Waals surface area contributed by atoms with Gasteiger partial charge in [-0.05, 0) is 105 Å². The summed E-state index contributed by atoms with van der Waals surface area (Å²) in [6.45, 7) is 15.5. The van der Waals surface area contributed by atoms with Gasteiger partial charge in [-0.3, -0.25) is 4.99 Å². The van der Waals surface area contributed by atoms with Crippen molar-refractivity contribution in [1.29, 1.82) is 0 Å². The minimum absolute atomic E-state index is 0.0165. The second-order valence-corrected chi connectivity index (χ2v) is 13.8. The molecule has 49 heavy (non-hydrogen) atoms. The first-order chi connectivity index (χ1) is 23.7. The highest BCUT2D eigenvalue weighted by Gasteiger charge is 2.35. The zero-order valence-electron chi connectivity index (χ0n) is 29.2. The Hall–Kier alpha value is -5.53. The van der Waals surface area contributed by atoms with Gasteiger partial charge in [0.15, 0.2) is 0 Å². The maximum Gasteiger partial charge on any atom is 0.0961 e. The molecule has 1 atom stereocenters. The lowest BCUT2D eigenvalue weighted by Gasteiger charge is -2.21. The lowest BCUT2D eigenvalue weighted by molar-refractivity contribution is 0.660. The first kappa shape index (κ1) is 32.0.